The van der Waals surface area contributed by atoms with E-state index < -0.39 is 0 Å². The van der Waals surface area contributed by atoms with Gasteiger partial charge in [0.25, 0.3) is 0 Å². The molecule has 17 heavy (non-hydrogen) atoms. The molecule has 2 heterocycles. The summed E-state index contributed by atoms with van der Waals surface area (Å²) in [6.07, 6.45) is 6.02. The maximum atomic E-state index is 12.5. The minimum atomic E-state index is 0.278. The third-order valence-electron chi connectivity index (χ3n) is 3.98. The average Bonchev–Trinajstić information content (AvgIpc) is 2.64. The minimum absolute atomic E-state index is 0.278. The van der Waals surface area contributed by atoms with E-state index >= 15 is 0 Å². The normalized spacial score (nSPS) is 26.8. The lowest BCUT2D eigenvalue weighted by Crippen LogP contribution is -2.53. The Bertz CT molecular complexity index is 251. The van der Waals surface area contributed by atoms with E-state index in [1.54, 1.807) is 0 Å². The van der Waals surface area contributed by atoms with Gasteiger partial charge in [0, 0.05) is 38.8 Å². The van der Waals surface area contributed by atoms with Crippen molar-refractivity contribution in [3.05, 3.63) is 0 Å². The number of carbonyl (C=O) groups excluding carboxylic acids is 1. The second-order valence-corrected chi connectivity index (χ2v) is 5.12. The van der Waals surface area contributed by atoms with Crippen LogP contribution in [0.2, 0.25) is 0 Å². The predicted molar refractivity (Wildman–Crippen MR) is 69.1 cm³/mol. The Morgan fingerprint density at radius 3 is 2.65 bits per heavy atom. The van der Waals surface area contributed by atoms with Crippen molar-refractivity contribution in [2.45, 2.75) is 45.1 Å². The van der Waals surface area contributed by atoms with E-state index in [0.29, 0.717) is 6.04 Å². The van der Waals surface area contributed by atoms with Crippen molar-refractivity contribution >= 4 is 6.03 Å². The van der Waals surface area contributed by atoms with Crippen LogP contribution in [-0.4, -0.2) is 54.6 Å². The summed E-state index contributed by atoms with van der Waals surface area (Å²) in [7, 11) is 0. The molecule has 0 aliphatic carbocycles. The quantitative estimate of drug-likeness (QED) is 0.755. The van der Waals surface area contributed by atoms with Gasteiger partial charge in [-0.3, -0.25) is 0 Å². The lowest BCUT2D eigenvalue weighted by Gasteiger charge is -2.36. The molecule has 2 aliphatic heterocycles. The summed E-state index contributed by atoms with van der Waals surface area (Å²) >= 11 is 0. The zero-order chi connectivity index (χ0) is 12.1. The summed E-state index contributed by atoms with van der Waals surface area (Å²) in [6.45, 7) is 6.78. The van der Waals surface area contributed by atoms with E-state index in [1.807, 2.05) is 4.90 Å². The number of hydrogen-bond donors (Lipinski definition) is 1. The summed E-state index contributed by atoms with van der Waals surface area (Å²) in [6, 6.07) is 0.750. The van der Waals surface area contributed by atoms with Crippen LogP contribution in [0.25, 0.3) is 0 Å². The molecular formula is C13H25N3O. The molecule has 0 saturated carbocycles. The monoisotopic (exact) mass is 239 g/mol. The highest BCUT2D eigenvalue weighted by Crippen LogP contribution is 2.20. The fourth-order valence-corrected chi connectivity index (χ4v) is 2.89. The summed E-state index contributed by atoms with van der Waals surface area (Å²) < 4.78 is 0. The highest BCUT2D eigenvalue weighted by Gasteiger charge is 2.28. The first-order chi connectivity index (χ1) is 8.33. The van der Waals surface area contributed by atoms with E-state index in [0.717, 1.165) is 39.1 Å². The Labute approximate surface area is 104 Å². The van der Waals surface area contributed by atoms with E-state index in [1.165, 1.54) is 25.7 Å². The molecule has 4 heteroatoms. The molecule has 1 N–H and O–H groups in total. The number of carbonyl (C=O) groups is 1. The molecule has 2 fully saturated rings. The zero-order valence-corrected chi connectivity index (χ0v) is 11.0. The molecule has 2 aliphatic rings. The maximum Gasteiger partial charge on any atom is 0.320 e. The number of amides is 2. The van der Waals surface area contributed by atoms with Crippen LogP contribution in [0.3, 0.4) is 0 Å². The molecule has 4 nitrogen and oxygen atoms in total. The summed E-state index contributed by atoms with van der Waals surface area (Å²) in [5.74, 6) is 0. The largest absolute Gasteiger partial charge is 0.322 e. The molecule has 0 aromatic carbocycles. The standard InChI is InChI=1S/C13H25N3O/c1-2-12-6-4-3-5-9-16(12)13(17)15-10-7-14-8-11-15/h12,14H,2-11H2,1H3. The summed E-state index contributed by atoms with van der Waals surface area (Å²) in [4.78, 5) is 16.7. The molecule has 0 radical (unpaired) electrons. The van der Waals surface area contributed by atoms with Crippen molar-refractivity contribution < 1.29 is 4.79 Å². The van der Waals surface area contributed by atoms with Crippen LogP contribution in [-0.2, 0) is 0 Å². The van der Waals surface area contributed by atoms with Crippen molar-refractivity contribution in [2.75, 3.05) is 32.7 Å². The van der Waals surface area contributed by atoms with Crippen LogP contribution in [0.5, 0.6) is 0 Å². The van der Waals surface area contributed by atoms with Gasteiger partial charge in [0.05, 0.1) is 0 Å². The van der Waals surface area contributed by atoms with Gasteiger partial charge in [-0.2, -0.15) is 0 Å². The van der Waals surface area contributed by atoms with Crippen LogP contribution < -0.4 is 5.32 Å². The first-order valence-corrected chi connectivity index (χ1v) is 7.09. The van der Waals surface area contributed by atoms with Gasteiger partial charge in [-0.1, -0.05) is 19.8 Å². The first kappa shape index (κ1) is 12.7. The van der Waals surface area contributed by atoms with Gasteiger partial charge in [-0.15, -0.1) is 0 Å². The number of urea groups is 1. The highest BCUT2D eigenvalue weighted by atomic mass is 16.2. The van der Waals surface area contributed by atoms with Crippen molar-refractivity contribution in [1.29, 1.82) is 0 Å². The summed E-state index contributed by atoms with van der Waals surface area (Å²) in [5, 5.41) is 3.30. The molecule has 0 aromatic heterocycles. The van der Waals surface area contributed by atoms with Crippen LogP contribution in [0.4, 0.5) is 4.79 Å². The molecule has 1 unspecified atom stereocenters. The van der Waals surface area contributed by atoms with E-state index in [2.05, 4.69) is 17.1 Å². The lowest BCUT2D eigenvalue weighted by molar-refractivity contribution is 0.127. The Kier molecular flexibility index (Phi) is 4.66. The highest BCUT2D eigenvalue weighted by molar-refractivity contribution is 5.75. The molecule has 0 aromatic rings. The number of hydrogen-bond acceptors (Lipinski definition) is 2. The number of nitrogens with one attached hydrogen (secondary N) is 1. The zero-order valence-electron chi connectivity index (χ0n) is 11.0. The molecule has 2 amide bonds. The van der Waals surface area contributed by atoms with E-state index in [4.69, 9.17) is 0 Å². The molecule has 2 rings (SSSR count). The van der Waals surface area contributed by atoms with Gasteiger partial charge in [-0.25, -0.2) is 4.79 Å². The summed E-state index contributed by atoms with van der Waals surface area (Å²) in [5.41, 5.74) is 0. The van der Waals surface area contributed by atoms with Gasteiger partial charge in [0.2, 0.25) is 0 Å². The van der Waals surface area contributed by atoms with Crippen LogP contribution in [0, 0.1) is 0 Å². The van der Waals surface area contributed by atoms with Crippen molar-refractivity contribution in [2.24, 2.45) is 0 Å². The third-order valence-corrected chi connectivity index (χ3v) is 3.98. The topological polar surface area (TPSA) is 35.6 Å². The van der Waals surface area contributed by atoms with Crippen molar-refractivity contribution in [3.8, 4) is 0 Å². The average molecular weight is 239 g/mol. The maximum absolute atomic E-state index is 12.5. The molecular weight excluding hydrogens is 214 g/mol. The van der Waals surface area contributed by atoms with E-state index in [-0.39, 0.29) is 6.03 Å². The molecule has 1 atom stereocenters. The van der Waals surface area contributed by atoms with Crippen LogP contribution >= 0.6 is 0 Å². The second kappa shape index (κ2) is 6.24. The van der Waals surface area contributed by atoms with Crippen molar-refractivity contribution in [3.63, 3.8) is 0 Å². The lowest BCUT2D eigenvalue weighted by atomic mass is 10.1. The third kappa shape index (κ3) is 3.12. The number of likely N-dealkylation sites (tertiary alicyclic amines) is 1. The van der Waals surface area contributed by atoms with Crippen LogP contribution in [0.15, 0.2) is 0 Å². The van der Waals surface area contributed by atoms with Crippen LogP contribution in [0.1, 0.15) is 39.0 Å². The SMILES string of the molecule is CCC1CCCCCN1C(=O)N1CCNCC1. The fraction of sp³-hybridized carbons (Fsp3) is 0.923. The van der Waals surface area contributed by atoms with Gasteiger partial charge in [0.15, 0.2) is 0 Å². The number of rotatable bonds is 1. The number of piperazine rings is 1. The van der Waals surface area contributed by atoms with Gasteiger partial charge in [-0.05, 0) is 19.3 Å². The Hall–Kier alpha value is -0.770. The Morgan fingerprint density at radius 1 is 1.18 bits per heavy atom. The Morgan fingerprint density at radius 2 is 1.94 bits per heavy atom. The van der Waals surface area contributed by atoms with Gasteiger partial charge >= 0.3 is 6.03 Å². The molecule has 98 valence electrons. The smallest absolute Gasteiger partial charge is 0.320 e. The van der Waals surface area contributed by atoms with Gasteiger partial charge < -0.3 is 15.1 Å². The molecule has 2 saturated heterocycles. The van der Waals surface area contributed by atoms with Gasteiger partial charge in [0.1, 0.15) is 0 Å². The first-order valence-electron chi connectivity index (χ1n) is 7.09. The Balaban J connectivity index is 1.98. The predicted octanol–water partition coefficient (Wildman–Crippen LogP) is 1.67. The fourth-order valence-electron chi connectivity index (χ4n) is 2.89. The second-order valence-electron chi connectivity index (χ2n) is 5.12. The number of nitrogens with zero attached hydrogens (tertiary/aromatic N) is 2. The van der Waals surface area contributed by atoms with E-state index in [9.17, 15) is 4.79 Å². The molecule has 0 bridgehead atoms. The molecule has 0 spiro atoms. The van der Waals surface area contributed by atoms with Crippen molar-refractivity contribution in [1.82, 2.24) is 15.1 Å². The minimum Gasteiger partial charge on any atom is -0.322 e.